The Bertz CT molecular complexity index is 1970. The van der Waals surface area contributed by atoms with Crippen molar-refractivity contribution in [2.24, 2.45) is 0 Å². The van der Waals surface area contributed by atoms with Crippen LogP contribution >= 0.6 is 22.7 Å². The number of amides is 2. The maximum Gasteiger partial charge on any atom is 0.257 e. The molecule has 0 saturated heterocycles. The molecule has 222 valence electrons. The van der Waals surface area contributed by atoms with Crippen LogP contribution in [0.25, 0.3) is 44.8 Å². The first-order valence-corrected chi connectivity index (χ1v) is 16.3. The topological polar surface area (TPSA) is 84.0 Å². The van der Waals surface area contributed by atoms with Gasteiger partial charge in [-0.2, -0.15) is 0 Å². The Morgan fingerprint density at radius 3 is 1.22 bits per heavy atom. The van der Waals surface area contributed by atoms with Crippen molar-refractivity contribution < 1.29 is 9.59 Å². The van der Waals surface area contributed by atoms with E-state index in [1.165, 1.54) is 22.7 Å². The normalized spacial score (nSPS) is 10.8. The molecule has 6 nitrogen and oxygen atoms in total. The van der Waals surface area contributed by atoms with Gasteiger partial charge >= 0.3 is 0 Å². The van der Waals surface area contributed by atoms with Crippen molar-refractivity contribution in [3.63, 3.8) is 0 Å². The molecule has 46 heavy (non-hydrogen) atoms. The van der Waals surface area contributed by atoms with Crippen molar-refractivity contribution in [1.82, 2.24) is 9.97 Å². The molecule has 0 saturated carbocycles. The molecule has 0 radical (unpaired) electrons. The maximum atomic E-state index is 13.1. The lowest BCUT2D eigenvalue weighted by atomic mass is 10.0. The second-order valence-corrected chi connectivity index (χ2v) is 12.2. The van der Waals surface area contributed by atoms with E-state index in [2.05, 4.69) is 69.1 Å². The van der Waals surface area contributed by atoms with E-state index in [0.717, 1.165) is 44.8 Å². The van der Waals surface area contributed by atoms with Gasteiger partial charge in [-0.1, -0.05) is 115 Å². The van der Waals surface area contributed by atoms with Crippen LogP contribution in [0, 0.1) is 0 Å². The summed E-state index contributed by atoms with van der Waals surface area (Å²) in [5, 5.41) is 10.5. The van der Waals surface area contributed by atoms with Crippen molar-refractivity contribution in [3.05, 3.63) is 155 Å². The second-order valence-electron chi connectivity index (χ2n) is 10.5. The Labute approximate surface area is 274 Å². The Morgan fingerprint density at radius 2 is 0.804 bits per heavy atom. The molecule has 0 unspecified atom stereocenters. The summed E-state index contributed by atoms with van der Waals surface area (Å²) >= 11 is 2.70. The van der Waals surface area contributed by atoms with Gasteiger partial charge in [0.2, 0.25) is 0 Å². The highest BCUT2D eigenvalue weighted by Crippen LogP contribution is 2.29. The summed E-state index contributed by atoms with van der Waals surface area (Å²) < 4.78 is 0. The molecule has 2 heterocycles. The van der Waals surface area contributed by atoms with Crippen LogP contribution in [0.1, 0.15) is 20.7 Å². The minimum Gasteiger partial charge on any atom is -0.298 e. The monoisotopic (exact) mass is 634 g/mol. The summed E-state index contributed by atoms with van der Waals surface area (Å²) in [6.45, 7) is 0. The summed E-state index contributed by atoms with van der Waals surface area (Å²) in [6, 6.07) is 43.3. The summed E-state index contributed by atoms with van der Waals surface area (Å²) in [5.41, 5.74) is 8.75. The molecule has 7 aromatic rings. The number of thiazole rings is 2. The lowest BCUT2D eigenvalue weighted by molar-refractivity contribution is 0.102. The zero-order valence-electron chi connectivity index (χ0n) is 24.4. The van der Waals surface area contributed by atoms with Gasteiger partial charge in [0.05, 0.1) is 11.4 Å². The van der Waals surface area contributed by atoms with Gasteiger partial charge in [0.15, 0.2) is 10.3 Å². The number of carbonyl (C=O) groups is 2. The second kappa shape index (κ2) is 13.1. The molecule has 2 N–H and O–H groups in total. The Kier molecular flexibility index (Phi) is 8.28. The highest BCUT2D eigenvalue weighted by atomic mass is 32.1. The highest BCUT2D eigenvalue weighted by Gasteiger charge is 2.15. The number of benzene rings is 5. The fourth-order valence-corrected chi connectivity index (χ4v) is 6.43. The van der Waals surface area contributed by atoms with Crippen molar-refractivity contribution in [2.45, 2.75) is 0 Å². The Balaban J connectivity index is 0.982. The van der Waals surface area contributed by atoms with Crippen LogP contribution in [0.5, 0.6) is 0 Å². The third kappa shape index (κ3) is 6.53. The van der Waals surface area contributed by atoms with E-state index in [0.29, 0.717) is 21.4 Å². The largest absolute Gasteiger partial charge is 0.298 e. The highest BCUT2D eigenvalue weighted by molar-refractivity contribution is 7.14. The quantitative estimate of drug-likeness (QED) is 0.174. The summed E-state index contributed by atoms with van der Waals surface area (Å²) in [4.78, 5) is 35.4. The minimum atomic E-state index is -0.342. The first-order chi connectivity index (χ1) is 22.6. The van der Waals surface area contributed by atoms with Gasteiger partial charge in [-0.05, 0) is 40.5 Å². The fourth-order valence-electron chi connectivity index (χ4n) is 5.00. The Morgan fingerprint density at radius 1 is 0.435 bits per heavy atom. The number of hydrogen-bond donors (Lipinski definition) is 2. The van der Waals surface area contributed by atoms with Crippen LogP contribution in [-0.2, 0) is 0 Å². The van der Waals surface area contributed by atoms with Gasteiger partial charge in [0.25, 0.3) is 11.8 Å². The molecular weight excluding hydrogens is 609 g/mol. The maximum absolute atomic E-state index is 13.1. The third-order valence-electron chi connectivity index (χ3n) is 7.41. The average Bonchev–Trinajstić information content (AvgIpc) is 3.79. The van der Waals surface area contributed by atoms with Crippen LogP contribution in [0.3, 0.4) is 0 Å². The van der Waals surface area contributed by atoms with Crippen LogP contribution in [0.15, 0.2) is 144 Å². The smallest absolute Gasteiger partial charge is 0.257 e. The number of hydrogen-bond acceptors (Lipinski definition) is 6. The molecule has 0 bridgehead atoms. The molecule has 8 heteroatoms. The van der Waals surface area contributed by atoms with Crippen LogP contribution in [-0.4, -0.2) is 21.8 Å². The number of anilines is 2. The number of rotatable bonds is 8. The van der Waals surface area contributed by atoms with E-state index in [1.54, 1.807) is 24.3 Å². The van der Waals surface area contributed by atoms with Crippen LogP contribution in [0.2, 0.25) is 0 Å². The van der Waals surface area contributed by atoms with Crippen molar-refractivity contribution >= 4 is 44.8 Å². The summed E-state index contributed by atoms with van der Waals surface area (Å²) in [6.07, 6.45) is 0. The minimum absolute atomic E-state index is 0.342. The van der Waals surface area contributed by atoms with E-state index < -0.39 is 0 Å². The number of carbonyl (C=O) groups excluding carboxylic acids is 2. The zero-order chi connectivity index (χ0) is 31.3. The predicted octanol–water partition coefficient (Wildman–Crippen LogP) is 9.77. The zero-order valence-corrected chi connectivity index (χ0v) is 26.0. The lowest BCUT2D eigenvalue weighted by Crippen LogP contribution is -2.15. The van der Waals surface area contributed by atoms with Gasteiger partial charge in [0.1, 0.15) is 0 Å². The van der Waals surface area contributed by atoms with E-state index in [-0.39, 0.29) is 11.8 Å². The number of nitrogens with one attached hydrogen (secondary N) is 2. The molecule has 0 aliphatic carbocycles. The first kappa shape index (κ1) is 29.0. The molecule has 5 aromatic carbocycles. The van der Waals surface area contributed by atoms with Crippen molar-refractivity contribution in [3.8, 4) is 44.8 Å². The molecule has 0 atom stereocenters. The molecule has 7 rings (SSSR count). The van der Waals surface area contributed by atoms with Crippen LogP contribution in [0.4, 0.5) is 10.3 Å². The molecule has 0 aliphatic rings. The van der Waals surface area contributed by atoms with E-state index in [4.69, 9.17) is 0 Å². The fraction of sp³-hybridized carbons (Fsp3) is 0. The van der Waals surface area contributed by atoms with Crippen molar-refractivity contribution in [2.75, 3.05) is 10.6 Å². The van der Waals surface area contributed by atoms with E-state index >= 15 is 0 Å². The standard InChI is InChI=1S/C38H26N4O2S2/c43-35(41-37-39-33(23-45-37)29-18-14-27(15-19-29)25-8-3-1-4-9-25)31-12-7-13-32(22-31)36(44)42-38-40-34(24-46-38)30-20-16-28(17-21-30)26-10-5-2-6-11-26/h1-24H,(H,39,41,43)(H,40,42,44). The third-order valence-corrected chi connectivity index (χ3v) is 8.93. The van der Waals surface area contributed by atoms with Gasteiger partial charge in [-0.15, -0.1) is 22.7 Å². The molecule has 2 aromatic heterocycles. The lowest BCUT2D eigenvalue weighted by Gasteiger charge is -2.06. The molecule has 0 spiro atoms. The summed E-state index contributed by atoms with van der Waals surface area (Å²) in [7, 11) is 0. The van der Waals surface area contributed by atoms with Crippen molar-refractivity contribution in [1.29, 1.82) is 0 Å². The molecule has 0 aliphatic heterocycles. The first-order valence-electron chi connectivity index (χ1n) is 14.5. The number of aromatic nitrogens is 2. The van der Waals surface area contributed by atoms with E-state index in [1.807, 2.05) is 71.4 Å². The predicted molar refractivity (Wildman–Crippen MR) is 188 cm³/mol. The summed E-state index contributed by atoms with van der Waals surface area (Å²) in [5.74, 6) is -0.684. The molecular formula is C38H26N4O2S2. The van der Waals surface area contributed by atoms with Gasteiger partial charge < -0.3 is 0 Å². The van der Waals surface area contributed by atoms with Gasteiger partial charge in [-0.3, -0.25) is 20.2 Å². The SMILES string of the molecule is O=C(Nc1nc(-c2ccc(-c3ccccc3)cc2)cs1)c1cccc(C(=O)Nc2nc(-c3ccc(-c4ccccc4)cc3)cs2)c1. The van der Waals surface area contributed by atoms with Crippen LogP contribution < -0.4 is 10.6 Å². The Hall–Kier alpha value is -5.70. The van der Waals surface area contributed by atoms with E-state index in [9.17, 15) is 9.59 Å². The van der Waals surface area contributed by atoms with Gasteiger partial charge in [-0.25, -0.2) is 9.97 Å². The number of nitrogens with zero attached hydrogens (tertiary/aromatic N) is 2. The van der Waals surface area contributed by atoms with Gasteiger partial charge in [0, 0.05) is 33.0 Å². The average molecular weight is 635 g/mol. The molecule has 0 fully saturated rings. The molecule has 2 amide bonds.